The van der Waals surface area contributed by atoms with Crippen molar-refractivity contribution in [2.75, 3.05) is 17.3 Å². The molecule has 2 aromatic carbocycles. The topological polar surface area (TPSA) is 64.6 Å². The SMILES string of the molecule is O=C(Cc1ccccc1)OC(Nc1c(Cl)cccc1Cl)C(=O)OCCBr. The number of carbonyl (C=O) groups is 2. The summed E-state index contributed by atoms with van der Waals surface area (Å²) in [6.07, 6.45) is -1.36. The summed E-state index contributed by atoms with van der Waals surface area (Å²) in [5, 5.41) is 3.77. The molecule has 0 heterocycles. The second-order valence-corrected chi connectivity index (χ2v) is 6.74. The van der Waals surface area contributed by atoms with Gasteiger partial charge in [0.15, 0.2) is 0 Å². The molecule has 138 valence electrons. The third-order valence-corrected chi connectivity index (χ3v) is 4.17. The van der Waals surface area contributed by atoms with Crippen LogP contribution in [0.2, 0.25) is 10.0 Å². The maximum atomic E-state index is 12.2. The zero-order valence-corrected chi connectivity index (χ0v) is 16.7. The number of carbonyl (C=O) groups excluding carboxylic acids is 2. The number of esters is 2. The molecule has 0 saturated heterocycles. The van der Waals surface area contributed by atoms with Crippen LogP contribution in [-0.4, -0.2) is 30.1 Å². The fraction of sp³-hybridized carbons (Fsp3) is 0.222. The molecule has 0 radical (unpaired) electrons. The van der Waals surface area contributed by atoms with E-state index in [2.05, 4.69) is 21.2 Å². The van der Waals surface area contributed by atoms with Crippen LogP contribution >= 0.6 is 39.1 Å². The molecule has 0 aliphatic carbocycles. The quantitative estimate of drug-likeness (QED) is 0.358. The van der Waals surface area contributed by atoms with Gasteiger partial charge in [-0.3, -0.25) is 4.79 Å². The first-order valence-corrected chi connectivity index (χ1v) is 9.55. The predicted molar refractivity (Wildman–Crippen MR) is 105 cm³/mol. The van der Waals surface area contributed by atoms with Crippen LogP contribution in [0.1, 0.15) is 5.56 Å². The molecule has 0 saturated carbocycles. The predicted octanol–water partition coefficient (Wildman–Crippen LogP) is 4.46. The molecule has 0 aliphatic heterocycles. The van der Waals surface area contributed by atoms with Crippen LogP contribution in [0.4, 0.5) is 5.69 Å². The minimum Gasteiger partial charge on any atom is -0.461 e. The Kier molecular flexibility index (Phi) is 8.22. The Morgan fingerprint density at radius 3 is 2.31 bits per heavy atom. The highest BCUT2D eigenvalue weighted by Crippen LogP contribution is 2.30. The number of hydrogen-bond acceptors (Lipinski definition) is 5. The Balaban J connectivity index is 2.12. The number of alkyl halides is 1. The lowest BCUT2D eigenvalue weighted by atomic mass is 10.2. The number of benzene rings is 2. The number of ether oxygens (including phenoxy) is 2. The molecule has 0 spiro atoms. The highest BCUT2D eigenvalue weighted by Gasteiger charge is 2.26. The van der Waals surface area contributed by atoms with Gasteiger partial charge in [-0.1, -0.05) is 75.5 Å². The van der Waals surface area contributed by atoms with Crippen molar-refractivity contribution in [1.82, 2.24) is 0 Å². The van der Waals surface area contributed by atoms with Crippen molar-refractivity contribution in [2.24, 2.45) is 0 Å². The van der Waals surface area contributed by atoms with E-state index < -0.39 is 18.2 Å². The molecule has 0 fully saturated rings. The summed E-state index contributed by atoms with van der Waals surface area (Å²) in [4.78, 5) is 24.5. The third-order valence-electron chi connectivity index (χ3n) is 3.21. The van der Waals surface area contributed by atoms with Gasteiger partial charge in [-0.2, -0.15) is 0 Å². The molecular weight excluding hydrogens is 445 g/mol. The molecule has 1 unspecified atom stereocenters. The molecule has 0 aromatic heterocycles. The van der Waals surface area contributed by atoms with Gasteiger partial charge in [0.25, 0.3) is 6.23 Å². The number of halogens is 3. The highest BCUT2D eigenvalue weighted by atomic mass is 79.9. The smallest absolute Gasteiger partial charge is 0.369 e. The van der Waals surface area contributed by atoms with Gasteiger partial charge >= 0.3 is 11.9 Å². The second-order valence-electron chi connectivity index (χ2n) is 5.13. The van der Waals surface area contributed by atoms with Gasteiger partial charge in [0.1, 0.15) is 6.61 Å². The monoisotopic (exact) mass is 459 g/mol. The van der Waals surface area contributed by atoms with E-state index in [9.17, 15) is 9.59 Å². The van der Waals surface area contributed by atoms with Gasteiger partial charge < -0.3 is 14.8 Å². The van der Waals surface area contributed by atoms with Crippen LogP contribution in [0, 0.1) is 0 Å². The van der Waals surface area contributed by atoms with E-state index in [1.807, 2.05) is 18.2 Å². The maximum absolute atomic E-state index is 12.2. The van der Waals surface area contributed by atoms with Gasteiger partial charge in [0.05, 0.1) is 22.2 Å². The Morgan fingerprint density at radius 2 is 1.69 bits per heavy atom. The summed E-state index contributed by atoms with van der Waals surface area (Å²) in [5.74, 6) is -1.34. The van der Waals surface area contributed by atoms with E-state index in [4.69, 9.17) is 32.7 Å². The van der Waals surface area contributed by atoms with Crippen molar-refractivity contribution in [2.45, 2.75) is 12.6 Å². The summed E-state index contributed by atoms with van der Waals surface area (Å²) >= 11 is 15.4. The molecule has 2 rings (SSSR count). The van der Waals surface area contributed by atoms with Gasteiger partial charge in [0, 0.05) is 5.33 Å². The molecule has 1 atom stereocenters. The summed E-state index contributed by atoms with van der Waals surface area (Å²) in [7, 11) is 0. The summed E-state index contributed by atoms with van der Waals surface area (Å²) in [6, 6.07) is 13.9. The first kappa shape index (κ1) is 20.6. The van der Waals surface area contributed by atoms with Gasteiger partial charge in [0.2, 0.25) is 0 Å². The lowest BCUT2D eigenvalue weighted by Gasteiger charge is -2.20. The van der Waals surface area contributed by atoms with E-state index in [1.165, 1.54) is 0 Å². The molecule has 5 nitrogen and oxygen atoms in total. The van der Waals surface area contributed by atoms with Crippen LogP contribution in [0.15, 0.2) is 48.5 Å². The van der Waals surface area contributed by atoms with Crippen LogP contribution in [-0.2, 0) is 25.5 Å². The van der Waals surface area contributed by atoms with E-state index in [0.717, 1.165) is 5.56 Å². The molecule has 8 heteroatoms. The Morgan fingerprint density at radius 1 is 1.04 bits per heavy atom. The van der Waals surface area contributed by atoms with E-state index in [-0.39, 0.29) is 28.8 Å². The summed E-state index contributed by atoms with van der Waals surface area (Å²) in [6.45, 7) is 0.128. The Labute approximate surface area is 169 Å². The fourth-order valence-electron chi connectivity index (χ4n) is 2.05. The van der Waals surface area contributed by atoms with Crippen LogP contribution in [0.3, 0.4) is 0 Å². The third kappa shape index (κ3) is 6.20. The van der Waals surface area contributed by atoms with Crippen molar-refractivity contribution in [3.05, 3.63) is 64.1 Å². The lowest BCUT2D eigenvalue weighted by Crippen LogP contribution is -2.37. The normalized spacial score (nSPS) is 11.5. The van der Waals surface area contributed by atoms with Crippen molar-refractivity contribution in [1.29, 1.82) is 0 Å². The van der Waals surface area contributed by atoms with Crippen LogP contribution < -0.4 is 5.32 Å². The second kappa shape index (κ2) is 10.4. The summed E-state index contributed by atoms with van der Waals surface area (Å²) < 4.78 is 10.3. The molecule has 0 aliphatic rings. The van der Waals surface area contributed by atoms with Crippen molar-refractivity contribution >= 4 is 56.8 Å². The number of para-hydroxylation sites is 1. The minimum atomic E-state index is -1.37. The lowest BCUT2D eigenvalue weighted by molar-refractivity contribution is -0.165. The minimum absolute atomic E-state index is 0.0149. The zero-order chi connectivity index (χ0) is 18.9. The number of hydrogen-bond donors (Lipinski definition) is 1. The first-order valence-electron chi connectivity index (χ1n) is 7.68. The first-order chi connectivity index (χ1) is 12.5. The molecule has 0 amide bonds. The maximum Gasteiger partial charge on any atom is 0.369 e. The van der Waals surface area contributed by atoms with Gasteiger partial charge in [-0.25, -0.2) is 4.79 Å². The highest BCUT2D eigenvalue weighted by molar-refractivity contribution is 9.09. The van der Waals surface area contributed by atoms with E-state index in [0.29, 0.717) is 5.33 Å². The van der Waals surface area contributed by atoms with Crippen molar-refractivity contribution < 1.29 is 19.1 Å². The average Bonchev–Trinajstić information content (AvgIpc) is 2.62. The van der Waals surface area contributed by atoms with Gasteiger partial charge in [-0.05, 0) is 17.7 Å². The van der Waals surface area contributed by atoms with Crippen molar-refractivity contribution in [3.8, 4) is 0 Å². The Hall–Kier alpha value is -1.76. The van der Waals surface area contributed by atoms with Crippen LogP contribution in [0.25, 0.3) is 0 Å². The van der Waals surface area contributed by atoms with Crippen LogP contribution in [0.5, 0.6) is 0 Å². The van der Waals surface area contributed by atoms with Gasteiger partial charge in [-0.15, -0.1) is 0 Å². The molecular formula is C18H16BrCl2NO4. The number of nitrogens with one attached hydrogen (secondary N) is 1. The molecule has 2 aromatic rings. The largest absolute Gasteiger partial charge is 0.461 e. The van der Waals surface area contributed by atoms with E-state index in [1.54, 1.807) is 30.3 Å². The number of anilines is 1. The Bertz CT molecular complexity index is 738. The molecule has 1 N–H and O–H groups in total. The summed E-state index contributed by atoms with van der Waals surface area (Å²) in [5.41, 5.74) is 1.05. The fourth-order valence-corrected chi connectivity index (χ4v) is 2.72. The standard InChI is InChI=1S/C18H16BrCl2NO4/c19-9-10-25-18(24)17(22-16-13(20)7-4-8-14(16)21)26-15(23)11-12-5-2-1-3-6-12/h1-8,17,22H,9-11H2. The molecule has 0 bridgehead atoms. The van der Waals surface area contributed by atoms with Crippen molar-refractivity contribution in [3.63, 3.8) is 0 Å². The molecule has 26 heavy (non-hydrogen) atoms. The average molecular weight is 461 g/mol. The van der Waals surface area contributed by atoms with E-state index >= 15 is 0 Å². The zero-order valence-electron chi connectivity index (χ0n) is 13.6. The number of rotatable bonds is 8.